The molecule has 1 aliphatic rings. The van der Waals surface area contributed by atoms with Gasteiger partial charge in [0.2, 0.25) is 0 Å². The maximum absolute atomic E-state index is 11.0. The van der Waals surface area contributed by atoms with Crippen LogP contribution in [0, 0.1) is 0 Å². The molecule has 1 heterocycles. The Labute approximate surface area is 110 Å². The molecule has 1 N–H and O–H groups in total. The standard InChI is InChI=1S/C13H26N2O3/c1-5-18-11(12(16)17)10-14-6-8-15(9-7-14)13(2,3)4/h11H,5-10H2,1-4H3,(H,16,17). The molecule has 1 atom stereocenters. The lowest BCUT2D eigenvalue weighted by Gasteiger charge is -2.42. The van der Waals surface area contributed by atoms with Gasteiger partial charge in [-0.1, -0.05) is 0 Å². The third kappa shape index (κ3) is 4.55. The van der Waals surface area contributed by atoms with Crippen LogP contribution in [0.15, 0.2) is 0 Å². The lowest BCUT2D eigenvalue weighted by atomic mass is 10.0. The summed E-state index contributed by atoms with van der Waals surface area (Å²) in [5.41, 5.74) is 0.193. The van der Waals surface area contributed by atoms with Crippen molar-refractivity contribution in [2.24, 2.45) is 0 Å². The van der Waals surface area contributed by atoms with E-state index in [0.717, 1.165) is 26.2 Å². The largest absolute Gasteiger partial charge is 0.479 e. The number of aliphatic carboxylic acids is 1. The summed E-state index contributed by atoms with van der Waals surface area (Å²) in [5, 5.41) is 9.05. The molecule has 5 nitrogen and oxygen atoms in total. The van der Waals surface area contributed by atoms with Gasteiger partial charge in [0.25, 0.3) is 0 Å². The van der Waals surface area contributed by atoms with E-state index in [1.54, 1.807) is 0 Å². The van der Waals surface area contributed by atoms with E-state index >= 15 is 0 Å². The molecule has 0 saturated carbocycles. The minimum atomic E-state index is -0.866. The van der Waals surface area contributed by atoms with Gasteiger partial charge in [0.05, 0.1) is 0 Å². The van der Waals surface area contributed by atoms with Crippen molar-refractivity contribution in [3.8, 4) is 0 Å². The van der Waals surface area contributed by atoms with Crippen molar-refractivity contribution in [3.63, 3.8) is 0 Å². The summed E-state index contributed by atoms with van der Waals surface area (Å²) in [6.45, 7) is 13.2. The molecule has 0 bridgehead atoms. The summed E-state index contributed by atoms with van der Waals surface area (Å²) in [6.07, 6.45) is -0.698. The first kappa shape index (κ1) is 15.4. The summed E-state index contributed by atoms with van der Waals surface area (Å²) in [6, 6.07) is 0. The third-order valence-electron chi connectivity index (χ3n) is 3.39. The summed E-state index contributed by atoms with van der Waals surface area (Å²) in [5.74, 6) is -0.866. The molecule has 18 heavy (non-hydrogen) atoms. The number of nitrogens with zero attached hydrogens (tertiary/aromatic N) is 2. The van der Waals surface area contributed by atoms with E-state index in [1.807, 2.05) is 6.92 Å². The topological polar surface area (TPSA) is 53.0 Å². The molecule has 1 fully saturated rings. The molecular formula is C13H26N2O3. The van der Waals surface area contributed by atoms with Crippen LogP contribution in [-0.4, -0.2) is 71.8 Å². The van der Waals surface area contributed by atoms with Crippen LogP contribution >= 0.6 is 0 Å². The van der Waals surface area contributed by atoms with Crippen molar-refractivity contribution < 1.29 is 14.6 Å². The van der Waals surface area contributed by atoms with Gasteiger partial charge in [-0.05, 0) is 27.7 Å². The molecule has 0 aromatic carbocycles. The Bertz CT molecular complexity index is 268. The van der Waals surface area contributed by atoms with Crippen LogP contribution in [-0.2, 0) is 9.53 Å². The molecule has 1 aliphatic heterocycles. The predicted molar refractivity (Wildman–Crippen MR) is 70.8 cm³/mol. The van der Waals surface area contributed by atoms with E-state index in [2.05, 4.69) is 30.6 Å². The predicted octanol–water partition coefficient (Wildman–Crippen LogP) is 0.892. The smallest absolute Gasteiger partial charge is 0.334 e. The minimum absolute atomic E-state index is 0.193. The highest BCUT2D eigenvalue weighted by molar-refractivity contribution is 5.72. The van der Waals surface area contributed by atoms with Crippen molar-refractivity contribution in [2.45, 2.75) is 39.3 Å². The van der Waals surface area contributed by atoms with E-state index in [-0.39, 0.29) is 5.54 Å². The van der Waals surface area contributed by atoms with Crippen LogP contribution in [0.1, 0.15) is 27.7 Å². The molecule has 0 aromatic heterocycles. The molecule has 106 valence electrons. The third-order valence-corrected chi connectivity index (χ3v) is 3.39. The lowest BCUT2D eigenvalue weighted by Crippen LogP contribution is -2.55. The van der Waals surface area contributed by atoms with Gasteiger partial charge in [0.15, 0.2) is 6.10 Å². The van der Waals surface area contributed by atoms with Crippen molar-refractivity contribution >= 4 is 5.97 Å². The Morgan fingerprint density at radius 2 is 1.83 bits per heavy atom. The van der Waals surface area contributed by atoms with Crippen molar-refractivity contribution in [2.75, 3.05) is 39.3 Å². The molecular weight excluding hydrogens is 232 g/mol. The van der Waals surface area contributed by atoms with Crippen LogP contribution < -0.4 is 0 Å². The van der Waals surface area contributed by atoms with Crippen LogP contribution in [0.4, 0.5) is 0 Å². The fourth-order valence-electron chi connectivity index (χ4n) is 2.24. The van der Waals surface area contributed by atoms with Crippen LogP contribution in [0.5, 0.6) is 0 Å². The molecule has 0 radical (unpaired) electrons. The first-order valence-corrected chi connectivity index (χ1v) is 6.66. The summed E-state index contributed by atoms with van der Waals surface area (Å²) in [4.78, 5) is 15.6. The first-order valence-electron chi connectivity index (χ1n) is 6.66. The molecule has 1 unspecified atom stereocenters. The van der Waals surface area contributed by atoms with E-state index in [1.165, 1.54) is 0 Å². The van der Waals surface area contributed by atoms with Crippen LogP contribution in [0.2, 0.25) is 0 Å². The normalized spacial score (nSPS) is 20.9. The Balaban J connectivity index is 2.41. The summed E-state index contributed by atoms with van der Waals surface area (Å²) >= 11 is 0. The molecule has 5 heteroatoms. The number of hydrogen-bond acceptors (Lipinski definition) is 4. The minimum Gasteiger partial charge on any atom is -0.479 e. The van der Waals surface area contributed by atoms with E-state index in [4.69, 9.17) is 9.84 Å². The molecule has 1 saturated heterocycles. The highest BCUT2D eigenvalue weighted by Crippen LogP contribution is 2.16. The Kier molecular flexibility index (Phi) is 5.56. The SMILES string of the molecule is CCOC(CN1CCN(C(C)(C)C)CC1)C(=O)O. The maximum atomic E-state index is 11.0. The van der Waals surface area contributed by atoms with Gasteiger partial charge in [-0.15, -0.1) is 0 Å². The Morgan fingerprint density at radius 1 is 1.28 bits per heavy atom. The molecule has 0 spiro atoms. The number of ether oxygens (including phenoxy) is 1. The fraction of sp³-hybridized carbons (Fsp3) is 0.923. The van der Waals surface area contributed by atoms with Crippen molar-refractivity contribution in [3.05, 3.63) is 0 Å². The summed E-state index contributed by atoms with van der Waals surface area (Å²) in [7, 11) is 0. The fourth-order valence-corrected chi connectivity index (χ4v) is 2.24. The van der Waals surface area contributed by atoms with Crippen LogP contribution in [0.3, 0.4) is 0 Å². The van der Waals surface area contributed by atoms with Crippen molar-refractivity contribution in [1.29, 1.82) is 0 Å². The average molecular weight is 258 g/mol. The molecule has 1 rings (SSSR count). The van der Waals surface area contributed by atoms with E-state index in [0.29, 0.717) is 13.2 Å². The number of carboxylic acids is 1. The van der Waals surface area contributed by atoms with Gasteiger partial charge in [0.1, 0.15) is 0 Å². The highest BCUT2D eigenvalue weighted by atomic mass is 16.5. The van der Waals surface area contributed by atoms with Crippen molar-refractivity contribution in [1.82, 2.24) is 9.80 Å². The average Bonchev–Trinajstić information content (AvgIpc) is 2.28. The summed E-state index contributed by atoms with van der Waals surface area (Å²) < 4.78 is 5.25. The zero-order chi connectivity index (χ0) is 13.8. The second kappa shape index (κ2) is 6.50. The monoisotopic (exact) mass is 258 g/mol. The molecule has 0 aliphatic carbocycles. The van der Waals surface area contributed by atoms with Gasteiger partial charge >= 0.3 is 5.97 Å². The van der Waals surface area contributed by atoms with Crippen LogP contribution in [0.25, 0.3) is 0 Å². The first-order chi connectivity index (χ1) is 8.34. The van der Waals surface area contributed by atoms with Gasteiger partial charge < -0.3 is 9.84 Å². The molecule has 0 amide bonds. The van der Waals surface area contributed by atoms with Gasteiger partial charge in [-0.25, -0.2) is 4.79 Å². The van der Waals surface area contributed by atoms with Gasteiger partial charge in [-0.2, -0.15) is 0 Å². The highest BCUT2D eigenvalue weighted by Gasteiger charge is 2.28. The zero-order valence-electron chi connectivity index (χ0n) is 12.0. The number of piperazine rings is 1. The van der Waals surface area contributed by atoms with E-state index in [9.17, 15) is 4.79 Å². The van der Waals surface area contributed by atoms with Gasteiger partial charge in [0, 0.05) is 44.9 Å². The Hall–Kier alpha value is -0.650. The lowest BCUT2D eigenvalue weighted by molar-refractivity contribution is -0.151. The maximum Gasteiger partial charge on any atom is 0.334 e. The second-order valence-electron chi connectivity index (χ2n) is 5.74. The van der Waals surface area contributed by atoms with E-state index < -0.39 is 12.1 Å². The number of carboxylic acid groups (broad SMARTS) is 1. The Morgan fingerprint density at radius 3 is 2.22 bits per heavy atom. The number of carbonyl (C=O) groups is 1. The quantitative estimate of drug-likeness (QED) is 0.794. The number of hydrogen-bond donors (Lipinski definition) is 1. The molecule has 0 aromatic rings. The van der Waals surface area contributed by atoms with Gasteiger partial charge in [-0.3, -0.25) is 9.80 Å². The number of rotatable bonds is 5. The second-order valence-corrected chi connectivity index (χ2v) is 5.74. The zero-order valence-corrected chi connectivity index (χ0v) is 12.0.